The summed E-state index contributed by atoms with van der Waals surface area (Å²) in [6, 6.07) is 9.83. The Hall–Kier alpha value is -1.94. The van der Waals surface area contributed by atoms with Crippen LogP contribution in [0.5, 0.6) is 11.6 Å². The van der Waals surface area contributed by atoms with Gasteiger partial charge in [0.2, 0.25) is 5.88 Å². The first-order valence-electron chi connectivity index (χ1n) is 10.0. The van der Waals surface area contributed by atoms with Crippen molar-refractivity contribution in [3.05, 3.63) is 54.0 Å². The Kier molecular flexibility index (Phi) is 10.3. The molecule has 2 heterocycles. The summed E-state index contributed by atoms with van der Waals surface area (Å²) in [4.78, 5) is 10.8. The lowest BCUT2D eigenvalue weighted by atomic mass is 9.96. The maximum Gasteiger partial charge on any atom is 0.224 e. The summed E-state index contributed by atoms with van der Waals surface area (Å²) in [6.45, 7) is 3.18. The van der Waals surface area contributed by atoms with Crippen LogP contribution in [0.2, 0.25) is 0 Å². The number of aliphatic imine (C=N–C) groups is 1. The van der Waals surface area contributed by atoms with Crippen LogP contribution in [0.1, 0.15) is 24.8 Å². The van der Waals surface area contributed by atoms with Crippen LogP contribution in [-0.4, -0.2) is 49.7 Å². The van der Waals surface area contributed by atoms with Crippen LogP contribution in [0.4, 0.5) is 4.39 Å². The highest BCUT2D eigenvalue weighted by Crippen LogP contribution is 2.23. The molecule has 1 N–H and O–H groups in total. The van der Waals surface area contributed by atoms with E-state index in [-0.39, 0.29) is 29.8 Å². The van der Waals surface area contributed by atoms with Crippen molar-refractivity contribution in [3.63, 3.8) is 0 Å². The molecule has 8 heteroatoms. The van der Waals surface area contributed by atoms with E-state index in [9.17, 15) is 4.39 Å². The van der Waals surface area contributed by atoms with Crippen LogP contribution in [0.25, 0.3) is 0 Å². The molecular weight excluding hydrogens is 498 g/mol. The van der Waals surface area contributed by atoms with Crippen molar-refractivity contribution in [2.45, 2.75) is 25.8 Å². The lowest BCUT2D eigenvalue weighted by Gasteiger charge is -2.27. The molecule has 0 radical (unpaired) electrons. The van der Waals surface area contributed by atoms with Crippen LogP contribution in [-0.2, 0) is 11.3 Å². The summed E-state index contributed by atoms with van der Waals surface area (Å²) < 4.78 is 24.6. The monoisotopic (exact) mass is 528 g/mol. The molecule has 1 aromatic carbocycles. The van der Waals surface area contributed by atoms with Crippen molar-refractivity contribution in [1.29, 1.82) is 0 Å². The fourth-order valence-electron chi connectivity index (χ4n) is 3.37. The van der Waals surface area contributed by atoms with Gasteiger partial charge < -0.3 is 19.7 Å². The quantitative estimate of drug-likeness (QED) is 0.327. The van der Waals surface area contributed by atoms with Crippen molar-refractivity contribution in [2.75, 3.05) is 33.9 Å². The van der Waals surface area contributed by atoms with Crippen LogP contribution in [0, 0.1) is 11.7 Å². The lowest BCUT2D eigenvalue weighted by molar-refractivity contribution is 0.0625. The van der Waals surface area contributed by atoms with Gasteiger partial charge in [0.05, 0.1) is 0 Å². The standard InChI is InChI=1S/C22H29FN4O2.HI/c1-24-22(27(2)12-8-17-9-13-28-14-10-17)26-16-18-5-4-11-25-21(18)29-20-7-3-6-19(23)15-20;/h3-7,11,15,17H,8-10,12-14,16H2,1-2H3,(H,24,26);1H. The molecule has 1 fully saturated rings. The van der Waals surface area contributed by atoms with Crippen LogP contribution in [0.15, 0.2) is 47.6 Å². The number of halogens is 2. The highest BCUT2D eigenvalue weighted by molar-refractivity contribution is 14.0. The van der Waals surface area contributed by atoms with E-state index >= 15 is 0 Å². The molecule has 164 valence electrons. The number of pyridine rings is 1. The molecular formula is C22H30FIN4O2. The van der Waals surface area contributed by atoms with E-state index in [1.165, 1.54) is 12.1 Å². The van der Waals surface area contributed by atoms with E-state index in [1.54, 1.807) is 25.4 Å². The second-order valence-electron chi connectivity index (χ2n) is 7.19. The molecule has 0 saturated carbocycles. The Morgan fingerprint density at radius 3 is 2.83 bits per heavy atom. The molecule has 1 saturated heterocycles. The van der Waals surface area contributed by atoms with E-state index in [4.69, 9.17) is 9.47 Å². The van der Waals surface area contributed by atoms with Gasteiger partial charge >= 0.3 is 0 Å². The van der Waals surface area contributed by atoms with E-state index in [0.717, 1.165) is 50.5 Å². The molecule has 0 spiro atoms. The van der Waals surface area contributed by atoms with Gasteiger partial charge in [0.1, 0.15) is 11.6 Å². The van der Waals surface area contributed by atoms with Gasteiger partial charge in [-0.1, -0.05) is 12.1 Å². The zero-order valence-corrected chi connectivity index (χ0v) is 19.8. The zero-order chi connectivity index (χ0) is 20.5. The fraction of sp³-hybridized carbons (Fsp3) is 0.455. The molecule has 1 aliphatic rings. The molecule has 0 bridgehead atoms. The maximum absolute atomic E-state index is 13.4. The van der Waals surface area contributed by atoms with Gasteiger partial charge in [0.25, 0.3) is 0 Å². The van der Waals surface area contributed by atoms with Gasteiger partial charge in [-0.2, -0.15) is 0 Å². The van der Waals surface area contributed by atoms with Gasteiger partial charge in [-0.05, 0) is 43.4 Å². The first-order chi connectivity index (χ1) is 14.2. The maximum atomic E-state index is 13.4. The summed E-state index contributed by atoms with van der Waals surface area (Å²) in [5.74, 6) is 2.06. The normalized spacial score (nSPS) is 14.7. The van der Waals surface area contributed by atoms with E-state index in [0.29, 0.717) is 24.1 Å². The molecule has 6 nitrogen and oxygen atoms in total. The van der Waals surface area contributed by atoms with Crippen molar-refractivity contribution in [1.82, 2.24) is 15.2 Å². The minimum Gasteiger partial charge on any atom is -0.439 e. The largest absolute Gasteiger partial charge is 0.439 e. The van der Waals surface area contributed by atoms with Crippen molar-refractivity contribution >= 4 is 29.9 Å². The van der Waals surface area contributed by atoms with Crippen LogP contribution >= 0.6 is 24.0 Å². The third-order valence-electron chi connectivity index (χ3n) is 5.08. The molecule has 2 aromatic rings. The number of ether oxygens (including phenoxy) is 2. The van der Waals surface area contributed by atoms with Crippen molar-refractivity contribution in [3.8, 4) is 11.6 Å². The lowest BCUT2D eigenvalue weighted by Crippen LogP contribution is -2.39. The molecule has 1 aromatic heterocycles. The van der Waals surface area contributed by atoms with Gasteiger partial charge in [-0.15, -0.1) is 24.0 Å². The Labute approximate surface area is 194 Å². The summed E-state index contributed by atoms with van der Waals surface area (Å²) in [5, 5.41) is 3.37. The number of hydrogen-bond acceptors (Lipinski definition) is 4. The number of nitrogens with one attached hydrogen (secondary N) is 1. The van der Waals surface area contributed by atoms with Crippen molar-refractivity contribution in [2.24, 2.45) is 10.9 Å². The molecule has 3 rings (SSSR count). The first kappa shape index (κ1) is 24.3. The number of nitrogens with zero attached hydrogens (tertiary/aromatic N) is 3. The Bertz CT molecular complexity index is 815. The minimum atomic E-state index is -0.343. The highest BCUT2D eigenvalue weighted by Gasteiger charge is 2.16. The third-order valence-corrected chi connectivity index (χ3v) is 5.08. The number of benzene rings is 1. The molecule has 0 atom stereocenters. The van der Waals surface area contributed by atoms with Crippen LogP contribution < -0.4 is 10.1 Å². The molecule has 1 aliphatic heterocycles. The summed E-state index contributed by atoms with van der Waals surface area (Å²) in [7, 11) is 3.82. The van der Waals surface area contributed by atoms with E-state index in [1.807, 2.05) is 19.2 Å². The summed E-state index contributed by atoms with van der Waals surface area (Å²) in [6.07, 6.45) is 5.06. The Balaban J connectivity index is 0.00000320. The third kappa shape index (κ3) is 7.39. The fourth-order valence-corrected chi connectivity index (χ4v) is 3.37. The van der Waals surface area contributed by atoms with Gasteiger partial charge in [-0.3, -0.25) is 4.99 Å². The minimum absolute atomic E-state index is 0. The summed E-state index contributed by atoms with van der Waals surface area (Å²) in [5.41, 5.74) is 0.871. The van der Waals surface area contributed by atoms with Crippen molar-refractivity contribution < 1.29 is 13.9 Å². The van der Waals surface area contributed by atoms with E-state index in [2.05, 4.69) is 20.2 Å². The zero-order valence-electron chi connectivity index (χ0n) is 17.5. The van der Waals surface area contributed by atoms with Crippen LogP contribution in [0.3, 0.4) is 0 Å². The smallest absolute Gasteiger partial charge is 0.224 e. The Morgan fingerprint density at radius 2 is 2.10 bits per heavy atom. The predicted molar refractivity (Wildman–Crippen MR) is 127 cm³/mol. The molecule has 0 amide bonds. The highest BCUT2D eigenvalue weighted by atomic mass is 127. The first-order valence-corrected chi connectivity index (χ1v) is 10.0. The van der Waals surface area contributed by atoms with Gasteiger partial charge in [0, 0.05) is 58.2 Å². The number of hydrogen-bond donors (Lipinski definition) is 1. The number of rotatable bonds is 7. The summed E-state index contributed by atoms with van der Waals surface area (Å²) >= 11 is 0. The predicted octanol–water partition coefficient (Wildman–Crippen LogP) is 4.45. The Morgan fingerprint density at radius 1 is 1.30 bits per heavy atom. The number of guanidine groups is 1. The van der Waals surface area contributed by atoms with E-state index < -0.39 is 0 Å². The molecule has 30 heavy (non-hydrogen) atoms. The second-order valence-corrected chi connectivity index (χ2v) is 7.19. The second kappa shape index (κ2) is 12.7. The van der Waals surface area contributed by atoms with Gasteiger partial charge in [0.15, 0.2) is 5.96 Å². The molecule has 0 aliphatic carbocycles. The van der Waals surface area contributed by atoms with Gasteiger partial charge in [-0.25, -0.2) is 9.37 Å². The average Bonchev–Trinajstić information content (AvgIpc) is 2.74. The molecule has 0 unspecified atom stereocenters. The number of aromatic nitrogens is 1. The SMILES string of the molecule is CN=C(NCc1cccnc1Oc1cccc(F)c1)N(C)CCC1CCOCC1.I. The average molecular weight is 528 g/mol. The topological polar surface area (TPSA) is 59.0 Å².